The van der Waals surface area contributed by atoms with Crippen molar-refractivity contribution in [2.75, 3.05) is 63.5 Å². The summed E-state index contributed by atoms with van der Waals surface area (Å²) in [7, 11) is 3.76. The summed E-state index contributed by atoms with van der Waals surface area (Å²) in [6, 6.07) is 12.6. The molecule has 48 heavy (non-hydrogen) atoms. The summed E-state index contributed by atoms with van der Waals surface area (Å²) in [5.41, 5.74) is 2.48. The van der Waals surface area contributed by atoms with E-state index in [2.05, 4.69) is 46.0 Å². The number of aliphatic hydroxyl groups is 1. The number of ether oxygens (including phenoxy) is 4. The number of likely N-dealkylation sites (tertiary alicyclic amines) is 1. The molecule has 3 aromatic rings. The maximum Gasteiger partial charge on any atom is 0.411 e. The van der Waals surface area contributed by atoms with Crippen LogP contribution in [0.1, 0.15) is 51.3 Å². The monoisotopic (exact) mass is 660 g/mol. The third-order valence-corrected chi connectivity index (χ3v) is 10.0. The molecule has 4 aliphatic heterocycles. The molecule has 4 aliphatic rings. The Bertz CT molecular complexity index is 1650. The Morgan fingerprint density at radius 3 is 2.65 bits per heavy atom. The van der Waals surface area contributed by atoms with Crippen molar-refractivity contribution in [3.05, 3.63) is 47.7 Å². The number of carbonyl (C=O) groups excluding carboxylic acids is 1. The molecular formula is C36H48N6O6. The molecule has 7 rings (SSSR count). The molecule has 2 aromatic carbocycles. The minimum absolute atomic E-state index is 0.173. The molecule has 0 radical (unpaired) electrons. The second-order valence-corrected chi connectivity index (χ2v) is 14.5. The summed E-state index contributed by atoms with van der Waals surface area (Å²) < 4.78 is 23.2. The lowest BCUT2D eigenvalue weighted by molar-refractivity contribution is 0.00600. The van der Waals surface area contributed by atoms with Gasteiger partial charge < -0.3 is 38.8 Å². The highest BCUT2D eigenvalue weighted by Crippen LogP contribution is 2.39. The molecular weight excluding hydrogens is 612 g/mol. The van der Waals surface area contributed by atoms with E-state index in [1.54, 1.807) is 12.0 Å². The average molecular weight is 661 g/mol. The molecule has 0 spiro atoms. The van der Waals surface area contributed by atoms with Crippen molar-refractivity contribution < 1.29 is 28.8 Å². The Morgan fingerprint density at radius 2 is 1.90 bits per heavy atom. The predicted octanol–water partition coefficient (Wildman–Crippen LogP) is 4.21. The molecule has 0 saturated carbocycles. The van der Waals surface area contributed by atoms with Crippen LogP contribution < -0.4 is 19.3 Å². The minimum atomic E-state index is -0.629. The fourth-order valence-corrected chi connectivity index (χ4v) is 7.72. The summed E-state index contributed by atoms with van der Waals surface area (Å²) in [6.45, 7) is 9.72. The van der Waals surface area contributed by atoms with Gasteiger partial charge in [0, 0.05) is 55.5 Å². The fourth-order valence-electron chi connectivity index (χ4n) is 7.72. The zero-order valence-corrected chi connectivity index (χ0v) is 28.7. The predicted molar refractivity (Wildman–Crippen MR) is 183 cm³/mol. The number of nitrogens with zero attached hydrogens (tertiary/aromatic N) is 6. The summed E-state index contributed by atoms with van der Waals surface area (Å²) in [5.74, 6) is 1.59. The van der Waals surface area contributed by atoms with Crippen LogP contribution in [0.25, 0.3) is 10.8 Å². The number of fused-ring (bicyclic) bond motifs is 4. The zero-order chi connectivity index (χ0) is 33.6. The standard InChI is InChI=1S/C36H48N6O6/c1-36(2,3)48-35(44)42-25-16-32(43)31(42)20-41(18-25)33-28-12-14-40(19-29(28)37-34(38-33)46-21-24-10-8-13-39(24)4)30-17-26(47-22-45-5)15-23-9-6-7-11-27(23)30/h6-7,9,11,15,17,24-25,31-32,43H,8,10,12-14,16,18-22H2,1-5H3. The van der Waals surface area contributed by atoms with Gasteiger partial charge in [-0.25, -0.2) is 4.79 Å². The minimum Gasteiger partial charge on any atom is -0.467 e. The van der Waals surface area contributed by atoms with Crippen molar-refractivity contribution in [2.24, 2.45) is 0 Å². The number of methoxy groups -OCH3 is 1. The first-order valence-corrected chi connectivity index (χ1v) is 17.1. The maximum atomic E-state index is 13.2. The lowest BCUT2D eigenvalue weighted by atomic mass is 10.0. The van der Waals surface area contributed by atoms with Gasteiger partial charge in [0.05, 0.1) is 30.4 Å². The molecule has 3 fully saturated rings. The molecule has 1 amide bonds. The van der Waals surface area contributed by atoms with E-state index in [-0.39, 0.29) is 25.0 Å². The van der Waals surface area contributed by atoms with Crippen LogP contribution in [-0.2, 0) is 22.4 Å². The summed E-state index contributed by atoms with van der Waals surface area (Å²) in [4.78, 5) is 32.0. The van der Waals surface area contributed by atoms with Gasteiger partial charge in [0.25, 0.3) is 0 Å². The molecule has 12 nitrogen and oxygen atoms in total. The van der Waals surface area contributed by atoms with Gasteiger partial charge in [0.1, 0.15) is 23.8 Å². The maximum absolute atomic E-state index is 13.2. The van der Waals surface area contributed by atoms with Crippen molar-refractivity contribution in [3.8, 4) is 11.8 Å². The highest BCUT2D eigenvalue weighted by molar-refractivity contribution is 5.95. The van der Waals surface area contributed by atoms with Crippen LogP contribution in [0.3, 0.4) is 0 Å². The number of carbonyl (C=O) groups is 1. The fraction of sp³-hybridized carbons (Fsp3) is 0.583. The van der Waals surface area contributed by atoms with Crippen LogP contribution >= 0.6 is 0 Å². The summed E-state index contributed by atoms with van der Waals surface area (Å²) in [5, 5.41) is 13.3. The van der Waals surface area contributed by atoms with Crippen LogP contribution in [-0.4, -0.2) is 115 Å². The van der Waals surface area contributed by atoms with Gasteiger partial charge in [0.15, 0.2) is 6.79 Å². The second kappa shape index (κ2) is 13.2. The number of rotatable bonds is 8. The second-order valence-electron chi connectivity index (χ2n) is 14.5. The van der Waals surface area contributed by atoms with Crippen LogP contribution in [0.15, 0.2) is 36.4 Å². The lowest BCUT2D eigenvalue weighted by Gasteiger charge is -2.43. The normalized spacial score (nSPS) is 24.2. The van der Waals surface area contributed by atoms with Gasteiger partial charge in [-0.1, -0.05) is 24.3 Å². The molecule has 5 heterocycles. The molecule has 258 valence electrons. The van der Waals surface area contributed by atoms with Gasteiger partial charge in [-0.05, 0) is 71.5 Å². The van der Waals surface area contributed by atoms with Gasteiger partial charge in [0.2, 0.25) is 0 Å². The highest BCUT2D eigenvalue weighted by atomic mass is 16.7. The summed E-state index contributed by atoms with van der Waals surface area (Å²) in [6.07, 6.45) is 2.48. The number of piperazine rings is 1. The van der Waals surface area contributed by atoms with Crippen molar-refractivity contribution in [1.82, 2.24) is 19.8 Å². The van der Waals surface area contributed by atoms with Crippen LogP contribution in [0.5, 0.6) is 11.8 Å². The Labute approximate surface area is 282 Å². The Morgan fingerprint density at radius 1 is 1.06 bits per heavy atom. The van der Waals surface area contributed by atoms with E-state index in [0.29, 0.717) is 44.7 Å². The number of aromatic nitrogens is 2. The number of amides is 1. The smallest absolute Gasteiger partial charge is 0.411 e. The third-order valence-electron chi connectivity index (χ3n) is 10.0. The molecule has 12 heteroatoms. The first-order chi connectivity index (χ1) is 23.1. The van der Waals surface area contributed by atoms with E-state index in [4.69, 9.17) is 28.9 Å². The molecule has 1 N–H and O–H groups in total. The molecule has 3 saturated heterocycles. The molecule has 1 aromatic heterocycles. The highest BCUT2D eigenvalue weighted by Gasteiger charge is 2.50. The number of aliphatic hydroxyl groups excluding tert-OH is 1. The Balaban J connectivity index is 1.21. The SMILES string of the molecule is COCOc1cc(N2CCc3c(nc(OCC4CCCN4C)nc3N3CC4CC(O)C(C3)N4C(=O)OC(C)(C)C)C2)c2ccccc2c1. The van der Waals surface area contributed by atoms with Gasteiger partial charge in [-0.3, -0.25) is 4.90 Å². The van der Waals surface area contributed by atoms with E-state index in [1.165, 1.54) is 0 Å². The first-order valence-electron chi connectivity index (χ1n) is 17.1. The van der Waals surface area contributed by atoms with Crippen molar-refractivity contribution >= 4 is 28.4 Å². The Kier molecular flexibility index (Phi) is 8.99. The van der Waals surface area contributed by atoms with E-state index < -0.39 is 11.7 Å². The molecule has 4 atom stereocenters. The van der Waals surface area contributed by atoms with Crippen LogP contribution in [0, 0.1) is 0 Å². The average Bonchev–Trinajstić information content (AvgIpc) is 3.56. The van der Waals surface area contributed by atoms with E-state index in [9.17, 15) is 9.90 Å². The van der Waals surface area contributed by atoms with Gasteiger partial charge in [-0.15, -0.1) is 0 Å². The van der Waals surface area contributed by atoms with Gasteiger partial charge in [-0.2, -0.15) is 9.97 Å². The van der Waals surface area contributed by atoms with Crippen LogP contribution in [0.4, 0.5) is 16.3 Å². The molecule has 2 bridgehead atoms. The van der Waals surface area contributed by atoms with Crippen molar-refractivity contribution in [3.63, 3.8) is 0 Å². The lowest BCUT2D eigenvalue weighted by Crippen LogP contribution is -2.58. The number of anilines is 2. The molecule has 0 aliphatic carbocycles. The molecule has 4 unspecified atom stereocenters. The van der Waals surface area contributed by atoms with Gasteiger partial charge >= 0.3 is 12.1 Å². The Hall–Kier alpha value is -3.87. The quantitative estimate of drug-likeness (QED) is 0.351. The summed E-state index contributed by atoms with van der Waals surface area (Å²) >= 11 is 0. The van der Waals surface area contributed by atoms with Crippen molar-refractivity contribution in [1.29, 1.82) is 0 Å². The van der Waals surface area contributed by atoms with E-state index >= 15 is 0 Å². The van der Waals surface area contributed by atoms with Crippen molar-refractivity contribution in [2.45, 2.75) is 82.8 Å². The number of likely N-dealkylation sites (N-methyl/N-ethyl adjacent to an activating group) is 1. The topological polar surface area (TPSA) is 113 Å². The zero-order valence-electron chi connectivity index (χ0n) is 28.7. The number of benzene rings is 2. The first kappa shape index (κ1) is 32.7. The third kappa shape index (κ3) is 6.57. The van der Waals surface area contributed by atoms with E-state index in [1.807, 2.05) is 32.9 Å². The largest absolute Gasteiger partial charge is 0.467 e. The number of hydrogen-bond acceptors (Lipinski definition) is 11. The van der Waals surface area contributed by atoms with Crippen LogP contribution in [0.2, 0.25) is 0 Å². The van der Waals surface area contributed by atoms with E-state index in [0.717, 1.165) is 71.6 Å². The number of hydrogen-bond donors (Lipinski definition) is 1.